The number of rotatable bonds is 5. The molecule has 2 aliphatic rings. The van der Waals surface area contributed by atoms with Gasteiger partial charge in [0.25, 0.3) is 0 Å². The fourth-order valence-electron chi connectivity index (χ4n) is 4.12. The Hall–Kier alpha value is -2.37. The molecule has 1 fully saturated rings. The summed E-state index contributed by atoms with van der Waals surface area (Å²) in [4.78, 5) is 38.6. The van der Waals surface area contributed by atoms with Gasteiger partial charge < -0.3 is 15.3 Å². The zero-order chi connectivity index (χ0) is 19.6. The van der Waals surface area contributed by atoms with Crippen molar-refractivity contribution in [2.75, 3.05) is 0 Å². The molecule has 2 amide bonds. The van der Waals surface area contributed by atoms with Crippen molar-refractivity contribution in [1.82, 2.24) is 10.2 Å². The summed E-state index contributed by atoms with van der Waals surface area (Å²) >= 11 is 0. The number of carbonyl (C=O) groups is 3. The zero-order valence-electron chi connectivity index (χ0n) is 16.0. The number of hydrogen-bond acceptors (Lipinski definition) is 3. The number of carboxylic acids is 1. The first kappa shape index (κ1) is 19.4. The maximum absolute atomic E-state index is 13.0. The van der Waals surface area contributed by atoms with Crippen molar-refractivity contribution in [2.24, 2.45) is 11.8 Å². The number of amides is 2. The minimum atomic E-state index is -0.799. The number of carbonyl (C=O) groups excluding carboxylic acids is 2. The van der Waals surface area contributed by atoms with Crippen LogP contribution in [0.2, 0.25) is 0 Å². The molecule has 3 atom stereocenters. The summed E-state index contributed by atoms with van der Waals surface area (Å²) < 4.78 is 0. The average Bonchev–Trinajstić information content (AvgIpc) is 3.08. The molecule has 27 heavy (non-hydrogen) atoms. The number of carboxylic acid groups (broad SMARTS) is 1. The molecule has 1 aromatic carbocycles. The highest BCUT2D eigenvalue weighted by molar-refractivity contribution is 5.89. The fraction of sp³-hybridized carbons (Fsp3) is 0.571. The lowest BCUT2D eigenvalue weighted by atomic mass is 9.92. The first-order valence-corrected chi connectivity index (χ1v) is 9.74. The normalized spacial score (nSPS) is 24.6. The minimum absolute atomic E-state index is 0.00510. The minimum Gasteiger partial charge on any atom is -0.481 e. The summed E-state index contributed by atoms with van der Waals surface area (Å²) in [6.45, 7) is 4.44. The fourth-order valence-corrected chi connectivity index (χ4v) is 4.12. The SMILES string of the molecule is CC(C)CC(=O)N1Cc2ccccc2CC1C(=O)N[C@H]1CC[C@@H](C(=O)O)C1. The maximum Gasteiger partial charge on any atom is 0.306 e. The third kappa shape index (κ3) is 4.49. The Labute approximate surface area is 159 Å². The predicted octanol–water partition coefficient (Wildman–Crippen LogP) is 2.36. The first-order valence-electron chi connectivity index (χ1n) is 9.74. The van der Waals surface area contributed by atoms with Crippen LogP contribution in [-0.2, 0) is 27.3 Å². The average molecular weight is 372 g/mol. The van der Waals surface area contributed by atoms with Crippen LogP contribution in [0.15, 0.2) is 24.3 Å². The van der Waals surface area contributed by atoms with E-state index in [2.05, 4.69) is 5.32 Å². The van der Waals surface area contributed by atoms with Crippen molar-refractivity contribution in [2.45, 2.75) is 64.6 Å². The highest BCUT2D eigenvalue weighted by atomic mass is 16.4. The Morgan fingerprint density at radius 1 is 1.19 bits per heavy atom. The van der Waals surface area contributed by atoms with Gasteiger partial charge in [-0.15, -0.1) is 0 Å². The van der Waals surface area contributed by atoms with E-state index < -0.39 is 12.0 Å². The van der Waals surface area contributed by atoms with Gasteiger partial charge in [0, 0.05) is 25.4 Å². The number of aliphatic carboxylic acids is 1. The highest BCUT2D eigenvalue weighted by Crippen LogP contribution is 2.28. The lowest BCUT2D eigenvalue weighted by Crippen LogP contribution is -2.54. The van der Waals surface area contributed by atoms with Gasteiger partial charge in [0.15, 0.2) is 0 Å². The summed E-state index contributed by atoms with van der Waals surface area (Å²) in [5.41, 5.74) is 2.19. The summed E-state index contributed by atoms with van der Waals surface area (Å²) in [6, 6.07) is 7.26. The Morgan fingerprint density at radius 3 is 2.52 bits per heavy atom. The summed E-state index contributed by atoms with van der Waals surface area (Å²) in [5, 5.41) is 12.2. The van der Waals surface area contributed by atoms with Crippen molar-refractivity contribution < 1.29 is 19.5 Å². The van der Waals surface area contributed by atoms with Gasteiger partial charge in [-0.2, -0.15) is 0 Å². The third-order valence-electron chi connectivity index (χ3n) is 5.58. The Kier molecular flexibility index (Phi) is 5.82. The van der Waals surface area contributed by atoms with E-state index in [1.807, 2.05) is 38.1 Å². The second-order valence-corrected chi connectivity index (χ2v) is 8.16. The standard InChI is InChI=1S/C21H28N2O4/c1-13(2)9-19(24)23-12-16-6-4-3-5-14(16)11-18(23)20(25)22-17-8-7-15(10-17)21(26)27/h3-6,13,15,17-18H,7-12H2,1-2H3,(H,22,25)(H,26,27)/t15-,17+,18?/m1/s1. The molecular weight excluding hydrogens is 344 g/mol. The molecule has 0 saturated heterocycles. The smallest absolute Gasteiger partial charge is 0.306 e. The van der Waals surface area contributed by atoms with Crippen LogP contribution in [0.5, 0.6) is 0 Å². The molecular formula is C21H28N2O4. The molecule has 1 heterocycles. The van der Waals surface area contributed by atoms with Gasteiger partial charge in [-0.3, -0.25) is 14.4 Å². The molecule has 0 aromatic heterocycles. The van der Waals surface area contributed by atoms with E-state index in [9.17, 15) is 14.4 Å². The van der Waals surface area contributed by atoms with Gasteiger partial charge in [-0.25, -0.2) is 0 Å². The van der Waals surface area contributed by atoms with Crippen molar-refractivity contribution in [3.05, 3.63) is 35.4 Å². The lowest BCUT2D eigenvalue weighted by Gasteiger charge is -2.37. The van der Waals surface area contributed by atoms with Gasteiger partial charge in [-0.1, -0.05) is 38.1 Å². The molecule has 6 nitrogen and oxygen atoms in total. The second kappa shape index (κ2) is 8.11. The van der Waals surface area contributed by atoms with Gasteiger partial charge in [-0.05, 0) is 36.3 Å². The van der Waals surface area contributed by atoms with Crippen LogP contribution in [0.25, 0.3) is 0 Å². The van der Waals surface area contributed by atoms with Crippen LogP contribution in [-0.4, -0.2) is 39.9 Å². The molecule has 6 heteroatoms. The summed E-state index contributed by atoms with van der Waals surface area (Å²) in [7, 11) is 0. The first-order chi connectivity index (χ1) is 12.8. The van der Waals surface area contributed by atoms with Gasteiger partial charge >= 0.3 is 5.97 Å². The van der Waals surface area contributed by atoms with E-state index in [4.69, 9.17) is 5.11 Å². The largest absolute Gasteiger partial charge is 0.481 e. The lowest BCUT2D eigenvalue weighted by molar-refractivity contribution is -0.142. The highest BCUT2D eigenvalue weighted by Gasteiger charge is 2.37. The maximum atomic E-state index is 13.0. The number of benzene rings is 1. The van der Waals surface area contributed by atoms with Crippen molar-refractivity contribution in [1.29, 1.82) is 0 Å². The van der Waals surface area contributed by atoms with E-state index in [1.54, 1.807) is 4.90 Å². The van der Waals surface area contributed by atoms with E-state index in [0.29, 0.717) is 38.6 Å². The summed E-state index contributed by atoms with van der Waals surface area (Å²) in [6.07, 6.45) is 2.64. The second-order valence-electron chi connectivity index (χ2n) is 8.16. The van der Waals surface area contributed by atoms with Crippen LogP contribution in [0.1, 0.15) is 50.7 Å². The molecule has 1 aliphatic carbocycles. The van der Waals surface area contributed by atoms with Crippen LogP contribution in [0, 0.1) is 11.8 Å². The van der Waals surface area contributed by atoms with E-state index in [1.165, 1.54) is 0 Å². The third-order valence-corrected chi connectivity index (χ3v) is 5.58. The molecule has 1 saturated carbocycles. The van der Waals surface area contributed by atoms with Crippen molar-refractivity contribution >= 4 is 17.8 Å². The van der Waals surface area contributed by atoms with Crippen LogP contribution in [0.4, 0.5) is 0 Å². The Bertz CT molecular complexity index is 731. The predicted molar refractivity (Wildman–Crippen MR) is 101 cm³/mol. The van der Waals surface area contributed by atoms with Gasteiger partial charge in [0.2, 0.25) is 11.8 Å². The van der Waals surface area contributed by atoms with E-state index >= 15 is 0 Å². The molecule has 146 valence electrons. The van der Waals surface area contributed by atoms with Crippen LogP contribution < -0.4 is 5.32 Å². The number of fused-ring (bicyclic) bond motifs is 1. The molecule has 1 aliphatic heterocycles. The number of hydrogen-bond donors (Lipinski definition) is 2. The van der Waals surface area contributed by atoms with E-state index in [0.717, 1.165) is 11.1 Å². The zero-order valence-corrected chi connectivity index (χ0v) is 16.0. The monoisotopic (exact) mass is 372 g/mol. The molecule has 0 bridgehead atoms. The molecule has 3 rings (SSSR count). The topological polar surface area (TPSA) is 86.7 Å². The van der Waals surface area contributed by atoms with E-state index in [-0.39, 0.29) is 29.7 Å². The Balaban J connectivity index is 1.74. The number of nitrogens with zero attached hydrogens (tertiary/aromatic N) is 1. The molecule has 2 N–H and O–H groups in total. The molecule has 0 spiro atoms. The van der Waals surface area contributed by atoms with Gasteiger partial charge in [0.1, 0.15) is 6.04 Å². The van der Waals surface area contributed by atoms with Crippen LogP contribution in [0.3, 0.4) is 0 Å². The Morgan fingerprint density at radius 2 is 1.89 bits per heavy atom. The van der Waals surface area contributed by atoms with Crippen molar-refractivity contribution in [3.8, 4) is 0 Å². The molecule has 1 aromatic rings. The quantitative estimate of drug-likeness (QED) is 0.831. The summed E-state index contributed by atoms with van der Waals surface area (Å²) in [5.74, 6) is -1.13. The number of nitrogens with one attached hydrogen (secondary N) is 1. The van der Waals surface area contributed by atoms with Crippen molar-refractivity contribution in [3.63, 3.8) is 0 Å². The molecule has 0 radical (unpaired) electrons. The van der Waals surface area contributed by atoms with Crippen LogP contribution >= 0.6 is 0 Å². The molecule has 1 unspecified atom stereocenters. The van der Waals surface area contributed by atoms with Gasteiger partial charge in [0.05, 0.1) is 5.92 Å².